The molecule has 0 aromatic heterocycles. The highest BCUT2D eigenvalue weighted by molar-refractivity contribution is 5.76. The van der Waals surface area contributed by atoms with Crippen LogP contribution < -0.4 is 5.73 Å². The van der Waals surface area contributed by atoms with Crippen LogP contribution in [0.3, 0.4) is 0 Å². The average Bonchev–Trinajstić information content (AvgIpc) is 2.15. The smallest absolute Gasteiger partial charge is 0.220 e. The number of rotatable bonds is 9. The highest BCUT2D eigenvalue weighted by atomic mass is 16.1. The summed E-state index contributed by atoms with van der Waals surface area (Å²) in [6, 6.07) is 0. The van der Waals surface area contributed by atoms with E-state index >= 15 is 0 Å². The lowest BCUT2D eigenvalue weighted by atomic mass is 9.97. The monoisotopic (exact) mass is 197 g/mol. The highest BCUT2D eigenvalue weighted by Crippen LogP contribution is 2.14. The molecule has 0 fully saturated rings. The maximum atomic E-state index is 11.0. The van der Waals surface area contributed by atoms with E-state index in [2.05, 4.69) is 13.5 Å². The Labute approximate surface area is 87.6 Å². The maximum absolute atomic E-state index is 11.0. The fourth-order valence-corrected chi connectivity index (χ4v) is 1.57. The van der Waals surface area contributed by atoms with Gasteiger partial charge in [-0.2, -0.15) is 0 Å². The van der Waals surface area contributed by atoms with Crippen molar-refractivity contribution in [1.82, 2.24) is 0 Å². The van der Waals surface area contributed by atoms with Crippen molar-refractivity contribution in [2.24, 2.45) is 11.7 Å². The van der Waals surface area contributed by atoms with Gasteiger partial charge in [0, 0.05) is 5.92 Å². The molecular weight excluding hydrogens is 174 g/mol. The van der Waals surface area contributed by atoms with E-state index in [0.717, 1.165) is 19.3 Å². The van der Waals surface area contributed by atoms with Gasteiger partial charge in [-0.15, -0.1) is 6.58 Å². The van der Waals surface area contributed by atoms with Gasteiger partial charge in [-0.3, -0.25) is 4.79 Å². The minimum atomic E-state index is -0.180. The second-order valence-electron chi connectivity index (χ2n) is 3.83. The number of unbranched alkanes of at least 4 members (excludes halogenated alkanes) is 4. The van der Waals surface area contributed by atoms with Gasteiger partial charge in [0.25, 0.3) is 0 Å². The van der Waals surface area contributed by atoms with Crippen LogP contribution in [0, 0.1) is 5.92 Å². The fourth-order valence-electron chi connectivity index (χ4n) is 1.57. The third-order valence-corrected chi connectivity index (χ3v) is 2.51. The van der Waals surface area contributed by atoms with Crippen LogP contribution in [-0.4, -0.2) is 5.91 Å². The number of primary amides is 1. The summed E-state index contributed by atoms with van der Waals surface area (Å²) in [5, 5.41) is 0. The Balaban J connectivity index is 3.50. The van der Waals surface area contributed by atoms with Crippen LogP contribution in [-0.2, 0) is 4.79 Å². The molecule has 1 unspecified atom stereocenters. The summed E-state index contributed by atoms with van der Waals surface area (Å²) in [6.07, 6.45) is 9.58. The van der Waals surface area contributed by atoms with Gasteiger partial charge in [0.1, 0.15) is 0 Å². The Morgan fingerprint density at radius 1 is 1.36 bits per heavy atom. The highest BCUT2D eigenvalue weighted by Gasteiger charge is 2.12. The predicted octanol–water partition coefficient (Wildman–Crippen LogP) is 3.02. The van der Waals surface area contributed by atoms with Crippen LogP contribution in [0.25, 0.3) is 0 Å². The molecule has 82 valence electrons. The zero-order chi connectivity index (χ0) is 10.8. The number of hydrogen-bond acceptors (Lipinski definition) is 1. The van der Waals surface area contributed by atoms with Gasteiger partial charge in [0.15, 0.2) is 0 Å². The molecule has 0 spiro atoms. The first-order valence-electron chi connectivity index (χ1n) is 5.62. The number of amides is 1. The summed E-state index contributed by atoms with van der Waals surface area (Å²) in [7, 11) is 0. The molecule has 0 aliphatic rings. The van der Waals surface area contributed by atoms with E-state index < -0.39 is 0 Å². The van der Waals surface area contributed by atoms with Crippen molar-refractivity contribution < 1.29 is 4.79 Å². The van der Waals surface area contributed by atoms with Crippen LogP contribution in [0.2, 0.25) is 0 Å². The maximum Gasteiger partial charge on any atom is 0.220 e. The standard InChI is InChI=1S/C12H23NO/c1-3-5-6-7-8-10-11(9-4-2)12(13)14/h4,11H,2-3,5-10H2,1H3,(H2,13,14). The SMILES string of the molecule is C=CCC(CCCCCCC)C(N)=O. The fraction of sp³-hybridized carbons (Fsp3) is 0.750. The number of hydrogen-bond donors (Lipinski definition) is 1. The summed E-state index contributed by atoms with van der Waals surface area (Å²) in [4.78, 5) is 11.0. The minimum absolute atomic E-state index is 0.00845. The molecule has 14 heavy (non-hydrogen) atoms. The average molecular weight is 197 g/mol. The van der Waals surface area contributed by atoms with Crippen LogP contribution in [0.15, 0.2) is 12.7 Å². The van der Waals surface area contributed by atoms with Gasteiger partial charge in [0.2, 0.25) is 5.91 Å². The van der Waals surface area contributed by atoms with Gasteiger partial charge in [-0.05, 0) is 12.8 Å². The van der Waals surface area contributed by atoms with E-state index in [4.69, 9.17) is 5.73 Å². The summed E-state index contributed by atoms with van der Waals surface area (Å²) in [6.45, 7) is 5.83. The molecule has 0 aromatic carbocycles. The van der Waals surface area contributed by atoms with E-state index in [1.54, 1.807) is 6.08 Å². The lowest BCUT2D eigenvalue weighted by Gasteiger charge is -2.10. The lowest BCUT2D eigenvalue weighted by Crippen LogP contribution is -2.22. The normalized spacial score (nSPS) is 12.4. The van der Waals surface area contributed by atoms with Gasteiger partial charge in [-0.25, -0.2) is 0 Å². The summed E-state index contributed by atoms with van der Waals surface area (Å²) >= 11 is 0. The van der Waals surface area contributed by atoms with Crippen LogP contribution >= 0.6 is 0 Å². The number of nitrogens with two attached hydrogens (primary N) is 1. The van der Waals surface area contributed by atoms with E-state index in [0.29, 0.717) is 0 Å². The molecule has 0 aliphatic heterocycles. The molecule has 0 rings (SSSR count). The largest absolute Gasteiger partial charge is 0.369 e. The summed E-state index contributed by atoms with van der Waals surface area (Å²) < 4.78 is 0. The van der Waals surface area contributed by atoms with E-state index in [-0.39, 0.29) is 11.8 Å². The van der Waals surface area contributed by atoms with Gasteiger partial charge >= 0.3 is 0 Å². The zero-order valence-electron chi connectivity index (χ0n) is 9.30. The quantitative estimate of drug-likeness (QED) is 0.448. The topological polar surface area (TPSA) is 43.1 Å². The third kappa shape index (κ3) is 6.70. The van der Waals surface area contributed by atoms with E-state index in [9.17, 15) is 4.79 Å². The van der Waals surface area contributed by atoms with Crippen molar-refractivity contribution in [3.05, 3.63) is 12.7 Å². The second kappa shape index (κ2) is 8.79. The summed E-state index contributed by atoms with van der Waals surface area (Å²) in [5.74, 6) is -0.172. The molecule has 1 atom stereocenters. The zero-order valence-corrected chi connectivity index (χ0v) is 9.30. The Morgan fingerprint density at radius 3 is 2.50 bits per heavy atom. The summed E-state index contributed by atoms with van der Waals surface area (Å²) in [5.41, 5.74) is 5.28. The van der Waals surface area contributed by atoms with Crippen LogP contribution in [0.4, 0.5) is 0 Å². The number of carbonyl (C=O) groups is 1. The Morgan fingerprint density at radius 2 is 2.00 bits per heavy atom. The minimum Gasteiger partial charge on any atom is -0.369 e. The number of carbonyl (C=O) groups excluding carboxylic acids is 1. The van der Waals surface area contributed by atoms with Crippen molar-refractivity contribution >= 4 is 5.91 Å². The van der Waals surface area contributed by atoms with Crippen LogP contribution in [0.1, 0.15) is 51.9 Å². The van der Waals surface area contributed by atoms with Crippen molar-refractivity contribution in [3.63, 3.8) is 0 Å². The molecule has 0 radical (unpaired) electrons. The van der Waals surface area contributed by atoms with Gasteiger partial charge in [0.05, 0.1) is 0 Å². The molecule has 0 saturated heterocycles. The van der Waals surface area contributed by atoms with Crippen LogP contribution in [0.5, 0.6) is 0 Å². The molecule has 2 nitrogen and oxygen atoms in total. The first-order chi connectivity index (χ1) is 6.72. The molecule has 0 saturated carbocycles. The van der Waals surface area contributed by atoms with Crippen molar-refractivity contribution in [2.75, 3.05) is 0 Å². The Hall–Kier alpha value is -0.790. The first kappa shape index (κ1) is 13.2. The third-order valence-electron chi connectivity index (χ3n) is 2.51. The molecule has 2 N–H and O–H groups in total. The molecule has 0 heterocycles. The van der Waals surface area contributed by atoms with Crippen molar-refractivity contribution in [1.29, 1.82) is 0 Å². The molecule has 1 amide bonds. The van der Waals surface area contributed by atoms with Gasteiger partial charge < -0.3 is 5.73 Å². The van der Waals surface area contributed by atoms with Gasteiger partial charge in [-0.1, -0.05) is 45.1 Å². The van der Waals surface area contributed by atoms with E-state index in [1.165, 1.54) is 25.7 Å². The molecule has 2 heteroatoms. The molecule has 0 bridgehead atoms. The van der Waals surface area contributed by atoms with E-state index in [1.807, 2.05) is 0 Å². The molecule has 0 aromatic rings. The first-order valence-corrected chi connectivity index (χ1v) is 5.62. The Kier molecular flexibility index (Phi) is 8.30. The lowest BCUT2D eigenvalue weighted by molar-refractivity contribution is -0.121. The Bertz CT molecular complexity index is 166. The predicted molar refractivity (Wildman–Crippen MR) is 60.9 cm³/mol. The van der Waals surface area contributed by atoms with Crippen molar-refractivity contribution in [2.45, 2.75) is 51.9 Å². The molecule has 0 aliphatic carbocycles. The molecular formula is C12H23NO. The van der Waals surface area contributed by atoms with Crippen molar-refractivity contribution in [3.8, 4) is 0 Å². The second-order valence-corrected chi connectivity index (χ2v) is 3.83. The number of allylic oxidation sites excluding steroid dienone is 1.